The maximum atomic E-state index is 13.0. The lowest BCUT2D eigenvalue weighted by molar-refractivity contribution is -0.156. The molecular formula is C18H24F2O4. The molecule has 0 radical (unpaired) electrons. The van der Waals surface area contributed by atoms with Crippen molar-refractivity contribution < 1.29 is 27.8 Å². The molecule has 1 rings (SSSR count). The Morgan fingerprint density at radius 3 is 2.33 bits per heavy atom. The summed E-state index contributed by atoms with van der Waals surface area (Å²) in [7, 11) is 0. The smallest absolute Gasteiger partial charge is 0.306 e. The molecule has 4 nitrogen and oxygen atoms in total. The first-order chi connectivity index (χ1) is 11.3. The minimum atomic E-state index is -0.997. The molecule has 0 saturated carbocycles. The third-order valence-electron chi connectivity index (χ3n) is 3.52. The Hall–Kier alpha value is -1.98. The Balaban J connectivity index is 2.34. The summed E-state index contributed by atoms with van der Waals surface area (Å²) in [4.78, 5) is 23.4. The summed E-state index contributed by atoms with van der Waals surface area (Å²) in [5.74, 6) is -2.77. The Morgan fingerprint density at radius 1 is 1.08 bits per heavy atom. The van der Waals surface area contributed by atoms with Crippen LogP contribution in [0.1, 0.15) is 52.0 Å². The number of hydrogen-bond acceptors (Lipinski definition) is 4. The zero-order valence-electron chi connectivity index (χ0n) is 14.3. The van der Waals surface area contributed by atoms with Gasteiger partial charge in [-0.05, 0) is 30.0 Å². The van der Waals surface area contributed by atoms with Crippen molar-refractivity contribution in [2.45, 2.75) is 59.2 Å². The monoisotopic (exact) mass is 342 g/mol. The van der Waals surface area contributed by atoms with Gasteiger partial charge in [-0.25, -0.2) is 8.78 Å². The maximum absolute atomic E-state index is 13.0. The van der Waals surface area contributed by atoms with Crippen molar-refractivity contribution >= 4 is 11.9 Å². The zero-order chi connectivity index (χ0) is 18.1. The van der Waals surface area contributed by atoms with Gasteiger partial charge in [-0.15, -0.1) is 0 Å². The summed E-state index contributed by atoms with van der Waals surface area (Å²) in [6.45, 7) is 5.79. The second kappa shape index (κ2) is 10.0. The first-order valence-corrected chi connectivity index (χ1v) is 8.12. The molecule has 1 unspecified atom stereocenters. The van der Waals surface area contributed by atoms with Gasteiger partial charge in [0.25, 0.3) is 0 Å². The molecule has 24 heavy (non-hydrogen) atoms. The largest absolute Gasteiger partial charge is 0.462 e. The van der Waals surface area contributed by atoms with Crippen LogP contribution < -0.4 is 0 Å². The Labute approximate surface area is 141 Å². The summed E-state index contributed by atoms with van der Waals surface area (Å²) in [6, 6.07) is 3.27. The molecule has 0 aromatic heterocycles. The number of carbonyl (C=O) groups is 2. The van der Waals surface area contributed by atoms with Crippen molar-refractivity contribution in [3.05, 3.63) is 35.4 Å². The molecule has 0 aliphatic carbocycles. The van der Waals surface area contributed by atoms with Crippen LogP contribution in [0.5, 0.6) is 0 Å². The number of carbonyl (C=O) groups excluding carboxylic acids is 2. The molecule has 0 fully saturated rings. The molecule has 0 heterocycles. The Bertz CT molecular complexity index is 558. The molecule has 1 aromatic carbocycles. The van der Waals surface area contributed by atoms with Gasteiger partial charge in [0, 0.05) is 0 Å². The summed E-state index contributed by atoms with van der Waals surface area (Å²) >= 11 is 0. The van der Waals surface area contributed by atoms with Crippen LogP contribution in [0.15, 0.2) is 18.2 Å². The highest BCUT2D eigenvalue weighted by Gasteiger charge is 2.18. The van der Waals surface area contributed by atoms with Crippen LogP contribution in [-0.4, -0.2) is 18.0 Å². The van der Waals surface area contributed by atoms with E-state index in [1.807, 2.05) is 20.8 Å². The first kappa shape index (κ1) is 20.1. The van der Waals surface area contributed by atoms with Crippen LogP contribution in [0.25, 0.3) is 0 Å². The number of hydrogen-bond donors (Lipinski definition) is 0. The maximum Gasteiger partial charge on any atom is 0.306 e. The highest BCUT2D eigenvalue weighted by Crippen LogP contribution is 2.14. The molecule has 6 heteroatoms. The van der Waals surface area contributed by atoms with Crippen LogP contribution in [0.2, 0.25) is 0 Å². The molecule has 0 saturated heterocycles. The van der Waals surface area contributed by atoms with Gasteiger partial charge < -0.3 is 9.47 Å². The molecular weight excluding hydrogens is 318 g/mol. The average Bonchev–Trinajstić information content (AvgIpc) is 2.53. The molecule has 0 spiro atoms. The van der Waals surface area contributed by atoms with Gasteiger partial charge in [-0.2, -0.15) is 0 Å². The fourth-order valence-electron chi connectivity index (χ4n) is 2.11. The minimum Gasteiger partial charge on any atom is -0.462 e. The fraction of sp³-hybridized carbons (Fsp3) is 0.556. The molecule has 0 bridgehead atoms. The van der Waals surface area contributed by atoms with Crippen molar-refractivity contribution in [1.29, 1.82) is 0 Å². The molecule has 0 N–H and O–H groups in total. The molecule has 1 atom stereocenters. The quantitative estimate of drug-likeness (QED) is 0.633. The van der Waals surface area contributed by atoms with E-state index in [1.165, 1.54) is 6.07 Å². The van der Waals surface area contributed by atoms with E-state index < -0.39 is 23.6 Å². The first-order valence-electron chi connectivity index (χ1n) is 8.12. The Morgan fingerprint density at radius 2 is 1.75 bits per heavy atom. The predicted molar refractivity (Wildman–Crippen MR) is 85.0 cm³/mol. The van der Waals surface area contributed by atoms with Crippen molar-refractivity contribution in [2.75, 3.05) is 0 Å². The second-order valence-electron chi connectivity index (χ2n) is 5.97. The summed E-state index contributed by atoms with van der Waals surface area (Å²) in [5, 5.41) is 0. The Kier molecular flexibility index (Phi) is 8.36. The van der Waals surface area contributed by atoms with Gasteiger partial charge in [-0.3, -0.25) is 9.59 Å². The summed E-state index contributed by atoms with van der Waals surface area (Å²) < 4.78 is 36.1. The molecule has 0 aliphatic heterocycles. The van der Waals surface area contributed by atoms with Crippen molar-refractivity contribution in [3.8, 4) is 0 Å². The van der Waals surface area contributed by atoms with E-state index in [0.29, 0.717) is 5.56 Å². The summed E-state index contributed by atoms with van der Waals surface area (Å²) in [5.41, 5.74) is 0.340. The van der Waals surface area contributed by atoms with E-state index in [1.54, 1.807) is 0 Å². The van der Waals surface area contributed by atoms with Crippen LogP contribution in [0, 0.1) is 17.6 Å². The predicted octanol–water partition coefficient (Wildman–Crippen LogP) is 4.16. The molecule has 134 valence electrons. The molecule has 0 aliphatic rings. The van der Waals surface area contributed by atoms with E-state index in [-0.39, 0.29) is 31.5 Å². The van der Waals surface area contributed by atoms with E-state index in [0.717, 1.165) is 25.0 Å². The lowest BCUT2D eigenvalue weighted by Crippen LogP contribution is -2.24. The average molecular weight is 342 g/mol. The van der Waals surface area contributed by atoms with E-state index in [9.17, 15) is 18.4 Å². The lowest BCUT2D eigenvalue weighted by atomic mass is 10.0. The van der Waals surface area contributed by atoms with Crippen LogP contribution in [0.4, 0.5) is 8.78 Å². The van der Waals surface area contributed by atoms with Crippen molar-refractivity contribution in [1.82, 2.24) is 0 Å². The van der Waals surface area contributed by atoms with Gasteiger partial charge in [0.2, 0.25) is 0 Å². The van der Waals surface area contributed by atoms with E-state index in [4.69, 9.17) is 9.47 Å². The summed E-state index contributed by atoms with van der Waals surface area (Å²) in [6.07, 6.45) is 1.36. The highest BCUT2D eigenvalue weighted by atomic mass is 19.2. The number of ether oxygens (including phenoxy) is 2. The van der Waals surface area contributed by atoms with Crippen molar-refractivity contribution in [2.24, 2.45) is 5.92 Å². The highest BCUT2D eigenvalue weighted by molar-refractivity contribution is 5.77. The zero-order valence-corrected chi connectivity index (χ0v) is 14.3. The van der Waals surface area contributed by atoms with Gasteiger partial charge in [-0.1, -0.05) is 33.3 Å². The van der Waals surface area contributed by atoms with Crippen LogP contribution in [-0.2, 0) is 25.7 Å². The van der Waals surface area contributed by atoms with Gasteiger partial charge in [0.1, 0.15) is 12.7 Å². The number of esters is 2. The van der Waals surface area contributed by atoms with E-state index in [2.05, 4.69) is 0 Å². The normalized spacial score (nSPS) is 12.1. The third-order valence-corrected chi connectivity index (χ3v) is 3.52. The van der Waals surface area contributed by atoms with Gasteiger partial charge >= 0.3 is 11.9 Å². The van der Waals surface area contributed by atoms with E-state index >= 15 is 0 Å². The second-order valence-corrected chi connectivity index (χ2v) is 5.97. The molecule has 1 aromatic rings. The number of rotatable bonds is 9. The van der Waals surface area contributed by atoms with Crippen LogP contribution >= 0.6 is 0 Å². The van der Waals surface area contributed by atoms with Crippen LogP contribution in [0.3, 0.4) is 0 Å². The van der Waals surface area contributed by atoms with Crippen molar-refractivity contribution in [3.63, 3.8) is 0 Å². The topological polar surface area (TPSA) is 52.6 Å². The van der Waals surface area contributed by atoms with Gasteiger partial charge in [0.15, 0.2) is 11.6 Å². The third kappa shape index (κ3) is 7.06. The van der Waals surface area contributed by atoms with Gasteiger partial charge in [0.05, 0.1) is 12.8 Å². The number of halogens is 2. The minimum absolute atomic E-state index is 0.0659. The number of benzene rings is 1. The standard InChI is InChI=1S/C18H24F2O4/c1-4-5-16(12(2)3)24-18(22)9-8-17(21)23-11-13-6-7-14(19)15(20)10-13/h6-7,10,12,16H,4-5,8-9,11H2,1-3H3. The SMILES string of the molecule is CCCC(OC(=O)CCC(=O)OCc1ccc(F)c(F)c1)C(C)C. The fourth-order valence-corrected chi connectivity index (χ4v) is 2.11. The lowest BCUT2D eigenvalue weighted by Gasteiger charge is -2.20. The molecule has 0 amide bonds.